The van der Waals surface area contributed by atoms with Gasteiger partial charge < -0.3 is 19.7 Å². The molecule has 0 bridgehead atoms. The molecule has 13 heteroatoms. The molecule has 0 amide bonds. The van der Waals surface area contributed by atoms with E-state index in [2.05, 4.69) is 110 Å². The van der Waals surface area contributed by atoms with Gasteiger partial charge in [0.25, 0.3) is 0 Å². The van der Waals surface area contributed by atoms with Crippen LogP contribution in [0.2, 0.25) is 0 Å². The van der Waals surface area contributed by atoms with E-state index in [0.29, 0.717) is 11.1 Å². The van der Waals surface area contributed by atoms with Crippen molar-refractivity contribution in [3.63, 3.8) is 0 Å². The van der Waals surface area contributed by atoms with Crippen molar-refractivity contribution in [2.24, 2.45) is 9.98 Å². The minimum atomic E-state index is 0. The summed E-state index contributed by atoms with van der Waals surface area (Å²) in [6.45, 7) is 10.4. The van der Waals surface area contributed by atoms with Crippen molar-refractivity contribution in [1.82, 2.24) is 9.80 Å². The molecule has 2 saturated heterocycles. The molecule has 0 saturated carbocycles. The number of aliphatic imine (C=N–C) groups is 2. The first kappa shape index (κ1) is 35.8. The molecule has 2 heterocycles. The first-order valence-corrected chi connectivity index (χ1v) is 16.6. The first-order valence-electron chi connectivity index (χ1n) is 12.3. The first-order chi connectivity index (χ1) is 18.3. The smallest absolute Gasteiger partial charge is 0.871 e. The SMILES string of the molecule is [Ni+2].[O-]c1c(I)cc(I)cc1C=NCCN1CCOCC1.[O-]c1c(I)cc(I)cc1C=NCCN1CCOCC1. The van der Waals surface area contributed by atoms with Crippen LogP contribution in [0.5, 0.6) is 11.5 Å². The van der Waals surface area contributed by atoms with Crippen LogP contribution in [0.25, 0.3) is 0 Å². The topological polar surface area (TPSA) is 95.8 Å². The minimum Gasteiger partial charge on any atom is -0.871 e. The predicted molar refractivity (Wildman–Crippen MR) is 182 cm³/mol. The van der Waals surface area contributed by atoms with Gasteiger partial charge >= 0.3 is 16.5 Å². The molecule has 39 heavy (non-hydrogen) atoms. The van der Waals surface area contributed by atoms with Crippen LogP contribution in [0.4, 0.5) is 0 Å². The summed E-state index contributed by atoms with van der Waals surface area (Å²) in [6, 6.07) is 7.52. The second-order valence-electron chi connectivity index (χ2n) is 8.59. The van der Waals surface area contributed by atoms with Crippen LogP contribution in [0.15, 0.2) is 34.3 Å². The third kappa shape index (κ3) is 13.2. The van der Waals surface area contributed by atoms with E-state index in [0.717, 1.165) is 93.1 Å². The molecule has 8 nitrogen and oxygen atoms in total. The normalized spacial score (nSPS) is 16.7. The molecule has 216 valence electrons. The summed E-state index contributed by atoms with van der Waals surface area (Å²) in [5.41, 5.74) is 1.36. The zero-order valence-corrected chi connectivity index (χ0v) is 30.8. The summed E-state index contributed by atoms with van der Waals surface area (Å²) >= 11 is 8.57. The molecular weight excluding hydrogens is 999 g/mol. The maximum absolute atomic E-state index is 11.9. The Morgan fingerprint density at radius 2 is 1.03 bits per heavy atom. The van der Waals surface area contributed by atoms with Gasteiger partial charge in [-0.15, -0.1) is 0 Å². The van der Waals surface area contributed by atoms with Gasteiger partial charge in [0.15, 0.2) is 0 Å². The molecule has 4 rings (SSSR count). The molecule has 0 atom stereocenters. The van der Waals surface area contributed by atoms with Crippen LogP contribution < -0.4 is 10.2 Å². The quantitative estimate of drug-likeness (QED) is 0.229. The van der Waals surface area contributed by atoms with Gasteiger partial charge in [-0.1, -0.05) is 11.5 Å². The summed E-state index contributed by atoms with van der Waals surface area (Å²) in [5, 5.41) is 23.8. The van der Waals surface area contributed by atoms with Crippen LogP contribution in [-0.4, -0.2) is 101 Å². The van der Waals surface area contributed by atoms with Crippen LogP contribution in [0.3, 0.4) is 0 Å². The third-order valence-corrected chi connectivity index (χ3v) is 8.68. The summed E-state index contributed by atoms with van der Waals surface area (Å²) in [6.07, 6.45) is 3.40. The largest absolute Gasteiger partial charge is 2.00 e. The average Bonchev–Trinajstić information content (AvgIpc) is 2.91. The van der Waals surface area contributed by atoms with E-state index in [-0.39, 0.29) is 28.0 Å². The van der Waals surface area contributed by atoms with Crippen LogP contribution in [0, 0.1) is 14.3 Å². The molecule has 0 N–H and O–H groups in total. The van der Waals surface area contributed by atoms with Crippen molar-refractivity contribution >= 4 is 103 Å². The zero-order valence-electron chi connectivity index (χ0n) is 21.2. The van der Waals surface area contributed by atoms with E-state index < -0.39 is 0 Å². The third-order valence-electron chi connectivity index (χ3n) is 5.83. The zero-order chi connectivity index (χ0) is 27.3. The maximum atomic E-state index is 11.9. The van der Waals surface area contributed by atoms with Crippen molar-refractivity contribution < 1.29 is 36.2 Å². The molecule has 2 aliphatic heterocycles. The number of rotatable bonds is 8. The fraction of sp³-hybridized carbons (Fsp3) is 0.462. The Bertz CT molecular complexity index is 1010. The molecule has 2 fully saturated rings. The van der Waals surface area contributed by atoms with E-state index in [1.54, 1.807) is 12.4 Å². The molecule has 2 aromatic carbocycles. The van der Waals surface area contributed by atoms with Crippen molar-refractivity contribution in [3.8, 4) is 11.5 Å². The Balaban J connectivity index is 0.000000267. The Morgan fingerprint density at radius 3 is 1.38 bits per heavy atom. The van der Waals surface area contributed by atoms with Gasteiger partial charge in [-0.3, -0.25) is 19.8 Å². The number of hydrogen-bond acceptors (Lipinski definition) is 8. The molecule has 0 radical (unpaired) electrons. The fourth-order valence-electron chi connectivity index (χ4n) is 3.73. The van der Waals surface area contributed by atoms with Gasteiger partial charge in [0.1, 0.15) is 0 Å². The Hall–Kier alpha value is 0.634. The van der Waals surface area contributed by atoms with Crippen LogP contribution in [-0.2, 0) is 26.0 Å². The van der Waals surface area contributed by atoms with E-state index in [4.69, 9.17) is 9.47 Å². The fourth-order valence-corrected chi connectivity index (χ4v) is 7.51. The molecule has 0 aliphatic carbocycles. The second kappa shape index (κ2) is 19.8. The van der Waals surface area contributed by atoms with Gasteiger partial charge in [0.2, 0.25) is 0 Å². The Morgan fingerprint density at radius 1 is 0.667 bits per heavy atom. The molecule has 2 aliphatic rings. The van der Waals surface area contributed by atoms with Gasteiger partial charge in [0, 0.05) is 66.0 Å². The standard InChI is InChI=1S/2C13H16I2N2O2.Ni/c2*14-11-7-10(13(18)12(15)8-11)9-16-1-2-17-3-5-19-6-4-17;/h2*7-9,18H,1-6H2;/q;;+2/p-2. The number of ether oxygens (including phenoxy) is 2. The van der Waals surface area contributed by atoms with Gasteiger partial charge in [0.05, 0.1) is 39.5 Å². The van der Waals surface area contributed by atoms with E-state index in [1.165, 1.54) is 0 Å². The van der Waals surface area contributed by atoms with E-state index in [1.807, 2.05) is 24.3 Å². The van der Waals surface area contributed by atoms with Crippen LogP contribution in [0.1, 0.15) is 11.1 Å². The monoisotopic (exact) mass is 1030 g/mol. The van der Waals surface area contributed by atoms with Gasteiger partial charge in [-0.2, -0.15) is 0 Å². The average molecular weight is 1030 g/mol. The molecule has 0 spiro atoms. The summed E-state index contributed by atoms with van der Waals surface area (Å²) in [5.74, 6) is 0.132. The van der Waals surface area contributed by atoms with Crippen molar-refractivity contribution in [2.45, 2.75) is 0 Å². The summed E-state index contributed by atoms with van der Waals surface area (Å²) < 4.78 is 14.2. The number of nitrogens with zero attached hydrogens (tertiary/aromatic N) is 4. The van der Waals surface area contributed by atoms with Crippen LogP contribution >= 0.6 is 90.4 Å². The minimum absolute atomic E-state index is 0. The van der Waals surface area contributed by atoms with Crippen molar-refractivity contribution in [1.29, 1.82) is 0 Å². The van der Waals surface area contributed by atoms with E-state index >= 15 is 0 Å². The van der Waals surface area contributed by atoms with Gasteiger partial charge in [-0.05, 0) is 126 Å². The number of morpholine rings is 2. The number of hydrogen-bond donors (Lipinski definition) is 0. The molecule has 0 unspecified atom stereocenters. The molecule has 0 aromatic heterocycles. The molecule has 2 aromatic rings. The van der Waals surface area contributed by atoms with E-state index in [9.17, 15) is 10.2 Å². The molecular formula is C26H30I4N4NiO4. The predicted octanol–water partition coefficient (Wildman–Crippen LogP) is 3.44. The van der Waals surface area contributed by atoms with Crippen molar-refractivity contribution in [2.75, 3.05) is 78.8 Å². The Kier molecular flexibility index (Phi) is 18.1. The van der Waals surface area contributed by atoms with Crippen molar-refractivity contribution in [3.05, 3.63) is 49.7 Å². The second-order valence-corrected chi connectivity index (χ2v) is 13.4. The Labute approximate surface area is 295 Å². The number of halogens is 4. The van der Waals surface area contributed by atoms with Gasteiger partial charge in [-0.25, -0.2) is 0 Å². The summed E-state index contributed by atoms with van der Waals surface area (Å²) in [4.78, 5) is 13.4. The maximum Gasteiger partial charge on any atom is 2.00 e. The number of benzene rings is 2. The summed E-state index contributed by atoms with van der Waals surface area (Å²) in [7, 11) is 0.